The third-order valence-corrected chi connectivity index (χ3v) is 4.99. The number of halogens is 2. The molecule has 2 N–H and O–H groups in total. The molecule has 0 spiro atoms. The van der Waals surface area contributed by atoms with Crippen LogP contribution in [0.2, 0.25) is 0 Å². The number of aromatic nitrogens is 4. The minimum Gasteiger partial charge on any atom is -0.395 e. The number of aryl methyl sites for hydroxylation is 1. The molecule has 0 radical (unpaired) electrons. The van der Waals surface area contributed by atoms with E-state index in [4.69, 9.17) is 10.3 Å². The Morgan fingerprint density at radius 2 is 1.92 bits per heavy atom. The van der Waals surface area contributed by atoms with Crippen LogP contribution in [0.4, 0.5) is 14.6 Å². The molecule has 1 aliphatic heterocycles. The van der Waals surface area contributed by atoms with Gasteiger partial charge in [-0.2, -0.15) is 8.42 Å². The van der Waals surface area contributed by atoms with Crippen molar-refractivity contribution >= 4 is 26.9 Å². The van der Waals surface area contributed by atoms with Crippen LogP contribution >= 0.6 is 0 Å². The summed E-state index contributed by atoms with van der Waals surface area (Å²) in [5.41, 5.74) is 5.42. The van der Waals surface area contributed by atoms with E-state index in [1.165, 1.54) is 6.92 Å². The van der Waals surface area contributed by atoms with Crippen molar-refractivity contribution < 1.29 is 31.2 Å². The Bertz CT molecular complexity index is 1070. The minimum absolute atomic E-state index is 0.00584. The molecule has 2 aromatic heterocycles. The Hall–Kier alpha value is -2.96. The Kier molecular flexibility index (Phi) is 2.63. The fraction of sp³-hybridized carbons (Fsp3) is 0.182. The van der Waals surface area contributed by atoms with Gasteiger partial charge in [0, 0.05) is 12.1 Å². The standard InChI is InChI=1S/C11H7F2N5O5S/c1-4-9(10(14)16-23-4)24(19,20)18-6-3-8-7(2-5(6)15-17-18)21-11(12,13)22-8/h2-3H,1H3,(H2,14,16). The van der Waals surface area contributed by atoms with E-state index in [1.807, 2.05) is 0 Å². The summed E-state index contributed by atoms with van der Waals surface area (Å²) in [6.07, 6.45) is -3.84. The second-order valence-electron chi connectivity index (χ2n) is 4.85. The highest BCUT2D eigenvalue weighted by molar-refractivity contribution is 7.90. The molecule has 1 aromatic carbocycles. The average Bonchev–Trinajstić information content (AvgIpc) is 3.10. The number of ether oxygens (including phenoxy) is 2. The van der Waals surface area contributed by atoms with Crippen molar-refractivity contribution in [1.29, 1.82) is 0 Å². The number of nitrogen functional groups attached to an aromatic ring is 1. The summed E-state index contributed by atoms with van der Waals surface area (Å²) in [4.78, 5) is -0.391. The predicted octanol–water partition coefficient (Wildman–Crippen LogP) is 0.868. The summed E-state index contributed by atoms with van der Waals surface area (Å²) >= 11 is 0. The molecule has 0 unspecified atom stereocenters. The summed E-state index contributed by atoms with van der Waals surface area (Å²) < 4.78 is 65.5. The monoisotopic (exact) mass is 359 g/mol. The molecule has 24 heavy (non-hydrogen) atoms. The summed E-state index contributed by atoms with van der Waals surface area (Å²) in [5.74, 6) is -1.04. The Balaban J connectivity index is 1.93. The zero-order valence-corrected chi connectivity index (χ0v) is 12.5. The Labute approximate surface area is 131 Å². The van der Waals surface area contributed by atoms with Crippen LogP contribution in [0.15, 0.2) is 21.6 Å². The topological polar surface area (TPSA) is 135 Å². The number of fused-ring (bicyclic) bond motifs is 2. The predicted molar refractivity (Wildman–Crippen MR) is 72.0 cm³/mol. The van der Waals surface area contributed by atoms with Crippen LogP contribution < -0.4 is 15.2 Å². The molecule has 126 valence electrons. The maximum Gasteiger partial charge on any atom is 0.586 e. The molecular weight excluding hydrogens is 352 g/mol. The molecule has 3 heterocycles. The molecule has 4 rings (SSSR count). The van der Waals surface area contributed by atoms with Gasteiger partial charge in [0.1, 0.15) is 11.0 Å². The van der Waals surface area contributed by atoms with Gasteiger partial charge < -0.3 is 19.7 Å². The van der Waals surface area contributed by atoms with Gasteiger partial charge in [0.15, 0.2) is 28.0 Å². The SMILES string of the molecule is Cc1onc(N)c1S(=O)(=O)n1nnc2cc3c(cc21)OC(F)(F)O3. The summed E-state index contributed by atoms with van der Waals surface area (Å²) in [6, 6.07) is 2.12. The number of nitrogens with two attached hydrogens (primary N) is 1. The molecule has 0 saturated carbocycles. The van der Waals surface area contributed by atoms with Crippen LogP contribution in [-0.4, -0.2) is 34.3 Å². The molecule has 0 bridgehead atoms. The normalized spacial score (nSPS) is 16.0. The number of benzene rings is 1. The third-order valence-electron chi connectivity index (χ3n) is 3.26. The number of hydrogen-bond donors (Lipinski definition) is 1. The smallest absolute Gasteiger partial charge is 0.395 e. The lowest BCUT2D eigenvalue weighted by molar-refractivity contribution is -0.286. The number of nitrogens with zero attached hydrogens (tertiary/aromatic N) is 4. The molecule has 0 atom stereocenters. The number of hydrogen-bond acceptors (Lipinski definition) is 9. The van der Waals surface area contributed by atoms with E-state index in [0.29, 0.717) is 4.09 Å². The van der Waals surface area contributed by atoms with Crippen LogP contribution in [0, 0.1) is 6.92 Å². The van der Waals surface area contributed by atoms with E-state index in [0.717, 1.165) is 12.1 Å². The van der Waals surface area contributed by atoms with Gasteiger partial charge in [-0.3, -0.25) is 0 Å². The van der Waals surface area contributed by atoms with E-state index in [-0.39, 0.29) is 34.1 Å². The lowest BCUT2D eigenvalue weighted by atomic mass is 10.3. The molecule has 10 nitrogen and oxygen atoms in total. The van der Waals surface area contributed by atoms with Crippen molar-refractivity contribution in [3.8, 4) is 11.5 Å². The number of alkyl halides is 2. The first-order valence-corrected chi connectivity index (χ1v) is 7.76. The molecule has 0 amide bonds. The van der Waals surface area contributed by atoms with Gasteiger partial charge in [-0.1, -0.05) is 10.4 Å². The van der Waals surface area contributed by atoms with Crippen molar-refractivity contribution in [2.24, 2.45) is 0 Å². The molecule has 0 fully saturated rings. The summed E-state index contributed by atoms with van der Waals surface area (Å²) in [5, 5.41) is 10.5. The zero-order valence-electron chi connectivity index (χ0n) is 11.7. The molecule has 0 aliphatic carbocycles. The van der Waals surface area contributed by atoms with E-state index < -0.39 is 21.2 Å². The van der Waals surface area contributed by atoms with Gasteiger partial charge in [-0.15, -0.1) is 18.0 Å². The first-order valence-electron chi connectivity index (χ1n) is 6.32. The number of rotatable bonds is 2. The van der Waals surface area contributed by atoms with E-state index >= 15 is 0 Å². The van der Waals surface area contributed by atoms with Crippen molar-refractivity contribution in [1.82, 2.24) is 19.6 Å². The lowest BCUT2D eigenvalue weighted by Gasteiger charge is -2.04. The summed E-state index contributed by atoms with van der Waals surface area (Å²) in [7, 11) is -4.31. The van der Waals surface area contributed by atoms with Crippen LogP contribution in [0.25, 0.3) is 11.0 Å². The van der Waals surface area contributed by atoms with E-state index in [1.54, 1.807) is 0 Å². The van der Waals surface area contributed by atoms with Crippen LogP contribution in [0.1, 0.15) is 5.76 Å². The highest BCUT2D eigenvalue weighted by atomic mass is 32.2. The zero-order chi connectivity index (χ0) is 17.3. The maximum absolute atomic E-state index is 13.1. The maximum atomic E-state index is 13.1. The van der Waals surface area contributed by atoms with Crippen molar-refractivity contribution in [2.45, 2.75) is 18.1 Å². The van der Waals surface area contributed by atoms with Gasteiger partial charge >= 0.3 is 6.29 Å². The van der Waals surface area contributed by atoms with Gasteiger partial charge in [-0.25, -0.2) is 0 Å². The first-order chi connectivity index (χ1) is 11.2. The van der Waals surface area contributed by atoms with Crippen molar-refractivity contribution in [2.75, 3.05) is 5.73 Å². The van der Waals surface area contributed by atoms with Gasteiger partial charge in [0.05, 0.1) is 0 Å². The fourth-order valence-corrected chi connectivity index (χ4v) is 3.72. The Morgan fingerprint density at radius 3 is 2.54 bits per heavy atom. The van der Waals surface area contributed by atoms with Crippen molar-refractivity contribution in [3.63, 3.8) is 0 Å². The van der Waals surface area contributed by atoms with Crippen LogP contribution in [0.5, 0.6) is 11.5 Å². The average molecular weight is 359 g/mol. The van der Waals surface area contributed by atoms with Gasteiger partial charge in [0.25, 0.3) is 10.0 Å². The summed E-state index contributed by atoms with van der Waals surface area (Å²) in [6.45, 7) is 1.35. The second-order valence-corrected chi connectivity index (χ2v) is 6.55. The van der Waals surface area contributed by atoms with E-state index in [2.05, 4.69) is 24.9 Å². The van der Waals surface area contributed by atoms with Gasteiger partial charge in [-0.05, 0) is 6.92 Å². The molecule has 0 saturated heterocycles. The Morgan fingerprint density at radius 1 is 1.25 bits per heavy atom. The quantitative estimate of drug-likeness (QED) is 0.706. The van der Waals surface area contributed by atoms with Gasteiger partial charge in [0.2, 0.25) is 0 Å². The van der Waals surface area contributed by atoms with Crippen LogP contribution in [0.3, 0.4) is 0 Å². The first kappa shape index (κ1) is 14.6. The number of anilines is 1. The highest BCUT2D eigenvalue weighted by Gasteiger charge is 2.44. The molecule has 3 aromatic rings. The molecular formula is C11H7F2N5O5S. The lowest BCUT2D eigenvalue weighted by Crippen LogP contribution is -2.25. The van der Waals surface area contributed by atoms with Crippen LogP contribution in [-0.2, 0) is 10.0 Å². The molecule has 1 aliphatic rings. The fourth-order valence-electron chi connectivity index (χ4n) is 2.30. The van der Waals surface area contributed by atoms with Crippen molar-refractivity contribution in [3.05, 3.63) is 17.9 Å². The largest absolute Gasteiger partial charge is 0.586 e. The minimum atomic E-state index is -4.31. The van der Waals surface area contributed by atoms with E-state index in [9.17, 15) is 17.2 Å². The second kappa shape index (κ2) is 4.31. The molecule has 13 heteroatoms. The third kappa shape index (κ3) is 1.90. The highest BCUT2D eigenvalue weighted by Crippen LogP contribution is 2.43.